The van der Waals surface area contributed by atoms with Gasteiger partial charge in [-0.3, -0.25) is 4.79 Å². The summed E-state index contributed by atoms with van der Waals surface area (Å²) in [6.07, 6.45) is 3.03. The summed E-state index contributed by atoms with van der Waals surface area (Å²) in [6, 6.07) is 0. The molecule has 0 atom stereocenters. The second-order valence-electron chi connectivity index (χ2n) is 2.50. The van der Waals surface area contributed by atoms with E-state index in [1.807, 2.05) is 0 Å². The third-order valence-electron chi connectivity index (χ3n) is 1.16. The van der Waals surface area contributed by atoms with Crippen LogP contribution >= 0.6 is 12.6 Å². The predicted octanol–water partition coefficient (Wildman–Crippen LogP) is 2.25. The maximum atomic E-state index is 9.68. The van der Waals surface area contributed by atoms with Crippen LogP contribution in [0.5, 0.6) is 0 Å². The summed E-state index contributed by atoms with van der Waals surface area (Å²) in [5.41, 5.74) is 0. The van der Waals surface area contributed by atoms with Gasteiger partial charge in [-0.15, -0.1) is 12.6 Å². The van der Waals surface area contributed by atoms with Crippen LogP contribution in [0.15, 0.2) is 0 Å². The van der Waals surface area contributed by atoms with Crippen molar-refractivity contribution in [2.75, 3.05) is 13.1 Å². The highest BCUT2D eigenvalue weighted by Crippen LogP contribution is 1.80. The highest BCUT2D eigenvalue weighted by atomic mass is 32.1. The molecule has 0 fully saturated rings. The second-order valence-corrected chi connectivity index (χ2v) is 3.00. The quantitative estimate of drug-likeness (QED) is 0.515. The molecule has 0 saturated carbocycles. The Balaban J connectivity index is 0. The topological polar surface area (TPSA) is 29.1 Å². The molecule has 0 rings (SSSR count). The third kappa shape index (κ3) is 22.5. The first-order valence-corrected chi connectivity index (χ1v) is 5.06. The summed E-state index contributed by atoms with van der Waals surface area (Å²) in [5.74, 6) is 0. The molecule has 0 aliphatic heterocycles. The molecule has 2 nitrogen and oxygen atoms in total. The summed E-state index contributed by atoms with van der Waals surface area (Å²) < 4.78 is 0. The average Bonchev–Trinajstić information content (AvgIpc) is 2.07. The third-order valence-corrected chi connectivity index (χ3v) is 1.47. The van der Waals surface area contributed by atoms with Gasteiger partial charge < -0.3 is 5.32 Å². The Morgan fingerprint density at radius 2 is 1.50 bits per heavy atom. The molecule has 12 heavy (non-hydrogen) atoms. The lowest BCUT2D eigenvalue weighted by atomic mass is 10.4. The molecular formula is C9H21NOS. The fourth-order valence-electron chi connectivity index (χ4n) is 0.479. The fraction of sp³-hybridized carbons (Fsp3) is 0.889. The molecule has 0 aromatic heterocycles. The van der Waals surface area contributed by atoms with Crippen LogP contribution in [0, 0.1) is 0 Å². The summed E-state index contributed by atoms with van der Waals surface area (Å²) >= 11 is 3.46. The monoisotopic (exact) mass is 191 g/mol. The van der Waals surface area contributed by atoms with Crippen molar-refractivity contribution in [3.8, 4) is 0 Å². The van der Waals surface area contributed by atoms with Crippen LogP contribution in [0.4, 0.5) is 0 Å². The Hall–Kier alpha value is -0.0200. The lowest BCUT2D eigenvalue weighted by molar-refractivity contribution is -0.110. The average molecular weight is 191 g/mol. The summed E-state index contributed by atoms with van der Waals surface area (Å²) in [5, 5.41) is 3.23. The molecule has 74 valence electrons. The largest absolute Gasteiger partial charge is 0.317 e. The molecule has 0 aromatic rings. The minimum absolute atomic E-state index is 0.0509. The molecule has 0 saturated heterocycles. The van der Waals surface area contributed by atoms with Gasteiger partial charge in [-0.1, -0.05) is 20.8 Å². The molecular weight excluding hydrogens is 170 g/mol. The van der Waals surface area contributed by atoms with Crippen LogP contribution < -0.4 is 5.32 Å². The first kappa shape index (κ1) is 14.5. The molecule has 0 bridgehead atoms. The van der Waals surface area contributed by atoms with Gasteiger partial charge in [0.25, 0.3) is 0 Å². The van der Waals surface area contributed by atoms with E-state index in [0.717, 1.165) is 0 Å². The van der Waals surface area contributed by atoms with Crippen molar-refractivity contribution in [3.05, 3.63) is 0 Å². The van der Waals surface area contributed by atoms with E-state index in [0.29, 0.717) is 6.42 Å². The lowest BCUT2D eigenvalue weighted by Gasteiger charge is -1.95. The maximum Gasteiger partial charge on any atom is 0.185 e. The predicted molar refractivity (Wildman–Crippen MR) is 57.7 cm³/mol. The normalized spacial score (nSPS) is 8.67. The molecule has 3 heteroatoms. The number of hydrogen-bond donors (Lipinski definition) is 2. The van der Waals surface area contributed by atoms with Gasteiger partial charge in [-0.25, -0.2) is 0 Å². The van der Waals surface area contributed by atoms with Gasteiger partial charge in [-0.05, 0) is 25.9 Å². The first-order chi connectivity index (χ1) is 5.68. The molecule has 1 N–H and O–H groups in total. The van der Waals surface area contributed by atoms with Crippen LogP contribution in [0.2, 0.25) is 0 Å². The molecule has 0 amide bonds. The van der Waals surface area contributed by atoms with Crippen molar-refractivity contribution in [3.63, 3.8) is 0 Å². The minimum atomic E-state index is -0.0509. The molecule has 0 heterocycles. The Kier molecular flexibility index (Phi) is 16.4. The fourth-order valence-corrected chi connectivity index (χ4v) is 0.479. The molecule has 0 unspecified atom stereocenters. The van der Waals surface area contributed by atoms with E-state index in [-0.39, 0.29) is 5.12 Å². The van der Waals surface area contributed by atoms with Gasteiger partial charge in [0.2, 0.25) is 0 Å². The Morgan fingerprint density at radius 3 is 1.67 bits per heavy atom. The van der Waals surface area contributed by atoms with E-state index >= 15 is 0 Å². The zero-order valence-corrected chi connectivity index (χ0v) is 9.29. The second kappa shape index (κ2) is 13.6. The molecule has 0 radical (unpaired) electrons. The van der Waals surface area contributed by atoms with E-state index in [1.54, 1.807) is 6.92 Å². The Labute approximate surface area is 81.5 Å². The van der Waals surface area contributed by atoms with Crippen LogP contribution in [0.1, 0.15) is 40.0 Å². The summed E-state index contributed by atoms with van der Waals surface area (Å²) in [7, 11) is 0. The summed E-state index contributed by atoms with van der Waals surface area (Å²) in [6.45, 7) is 8.49. The van der Waals surface area contributed by atoms with Crippen LogP contribution in [-0.4, -0.2) is 18.2 Å². The van der Waals surface area contributed by atoms with Crippen molar-refractivity contribution in [2.45, 2.75) is 40.0 Å². The van der Waals surface area contributed by atoms with Crippen molar-refractivity contribution in [1.82, 2.24) is 5.32 Å². The van der Waals surface area contributed by atoms with E-state index in [1.165, 1.54) is 25.9 Å². The van der Waals surface area contributed by atoms with Crippen molar-refractivity contribution in [1.29, 1.82) is 0 Å². The smallest absolute Gasteiger partial charge is 0.185 e. The van der Waals surface area contributed by atoms with Crippen molar-refractivity contribution in [2.24, 2.45) is 0 Å². The molecule has 0 aromatic carbocycles. The van der Waals surface area contributed by atoms with Gasteiger partial charge in [0, 0.05) is 6.42 Å². The van der Waals surface area contributed by atoms with Gasteiger partial charge >= 0.3 is 0 Å². The maximum absolute atomic E-state index is 9.68. The highest BCUT2D eigenvalue weighted by molar-refractivity contribution is 7.96. The van der Waals surface area contributed by atoms with Crippen molar-refractivity contribution < 1.29 is 4.79 Å². The number of carbonyl (C=O) groups excluding carboxylic acids is 1. The Morgan fingerprint density at radius 1 is 1.17 bits per heavy atom. The molecule has 0 aliphatic carbocycles. The SMILES string of the molecule is CCC(=O)S.CCCNCCC. The first-order valence-electron chi connectivity index (χ1n) is 4.61. The number of rotatable bonds is 5. The molecule has 0 spiro atoms. The van der Waals surface area contributed by atoms with Gasteiger partial charge in [0.1, 0.15) is 0 Å². The van der Waals surface area contributed by atoms with Crippen LogP contribution in [0.3, 0.4) is 0 Å². The van der Waals surface area contributed by atoms with E-state index in [9.17, 15) is 4.79 Å². The van der Waals surface area contributed by atoms with Crippen LogP contribution in [0.25, 0.3) is 0 Å². The summed E-state index contributed by atoms with van der Waals surface area (Å²) in [4.78, 5) is 9.68. The number of thiol groups is 1. The highest BCUT2D eigenvalue weighted by Gasteiger charge is 1.78. The van der Waals surface area contributed by atoms with E-state index in [2.05, 4.69) is 31.8 Å². The zero-order chi connectivity index (χ0) is 9.82. The lowest BCUT2D eigenvalue weighted by Crippen LogP contribution is -2.14. The number of carbonyl (C=O) groups is 1. The van der Waals surface area contributed by atoms with E-state index in [4.69, 9.17) is 0 Å². The Bertz CT molecular complexity index is 92.5. The number of hydrogen-bond acceptors (Lipinski definition) is 2. The minimum Gasteiger partial charge on any atom is -0.317 e. The number of nitrogens with one attached hydrogen (secondary N) is 1. The molecule has 0 aliphatic rings. The zero-order valence-electron chi connectivity index (χ0n) is 8.39. The van der Waals surface area contributed by atoms with Gasteiger partial charge in [0.15, 0.2) is 5.12 Å². The van der Waals surface area contributed by atoms with Crippen LogP contribution in [-0.2, 0) is 4.79 Å². The standard InChI is InChI=1S/C6H15N.C3H6OS/c1-3-5-7-6-4-2;1-2-3(4)5/h7H,3-6H2,1-2H3;2H2,1H3,(H,4,5). The van der Waals surface area contributed by atoms with Gasteiger partial charge in [0.05, 0.1) is 0 Å². The van der Waals surface area contributed by atoms with E-state index < -0.39 is 0 Å². The van der Waals surface area contributed by atoms with Crippen molar-refractivity contribution >= 4 is 17.7 Å². The van der Waals surface area contributed by atoms with Gasteiger partial charge in [-0.2, -0.15) is 0 Å².